The van der Waals surface area contributed by atoms with Gasteiger partial charge in [0.15, 0.2) is 11.2 Å². The molecule has 3 rings (SSSR count). The molecule has 1 atom stereocenters. The van der Waals surface area contributed by atoms with Gasteiger partial charge >= 0.3 is 0 Å². The maximum atomic E-state index is 12.5. The van der Waals surface area contributed by atoms with E-state index in [0.717, 1.165) is 18.5 Å². The van der Waals surface area contributed by atoms with Gasteiger partial charge in [-0.2, -0.15) is 0 Å². The first-order chi connectivity index (χ1) is 11.7. The van der Waals surface area contributed by atoms with Gasteiger partial charge in [0.2, 0.25) is 0 Å². The van der Waals surface area contributed by atoms with Crippen LogP contribution in [0.1, 0.15) is 36.8 Å². The van der Waals surface area contributed by atoms with Crippen LogP contribution in [0.3, 0.4) is 0 Å². The van der Waals surface area contributed by atoms with E-state index in [4.69, 9.17) is 9.47 Å². The smallest absolute Gasteiger partial charge is 0.267 e. The summed E-state index contributed by atoms with van der Waals surface area (Å²) >= 11 is 1.59. The number of methoxy groups -OCH3 is 1. The van der Waals surface area contributed by atoms with Crippen LogP contribution >= 0.6 is 11.3 Å². The molecule has 1 aliphatic rings. The SMILES string of the molecule is CCC(Oc1cccc(OC)c1)C(=O)Nc1nc2c(s1)CCCC2. The number of hydrogen-bond donors (Lipinski definition) is 1. The molecule has 1 heterocycles. The number of amides is 1. The van der Waals surface area contributed by atoms with E-state index in [9.17, 15) is 4.79 Å². The average Bonchev–Trinajstić information content (AvgIpc) is 3.01. The van der Waals surface area contributed by atoms with Gasteiger partial charge in [0, 0.05) is 10.9 Å². The summed E-state index contributed by atoms with van der Waals surface area (Å²) in [4.78, 5) is 18.4. The van der Waals surface area contributed by atoms with E-state index in [0.29, 0.717) is 23.1 Å². The second-order valence-corrected chi connectivity index (χ2v) is 6.86. The minimum atomic E-state index is -0.557. The van der Waals surface area contributed by atoms with Gasteiger partial charge in [0.1, 0.15) is 11.5 Å². The number of aryl methyl sites for hydroxylation is 2. The largest absolute Gasteiger partial charge is 0.497 e. The summed E-state index contributed by atoms with van der Waals surface area (Å²) in [6.45, 7) is 1.93. The number of thiazole rings is 1. The second kappa shape index (κ2) is 7.66. The van der Waals surface area contributed by atoms with Gasteiger partial charge in [-0.25, -0.2) is 4.98 Å². The molecule has 1 aromatic carbocycles. The van der Waals surface area contributed by atoms with Crippen LogP contribution in [0.2, 0.25) is 0 Å². The minimum absolute atomic E-state index is 0.161. The van der Waals surface area contributed by atoms with Gasteiger partial charge < -0.3 is 9.47 Å². The van der Waals surface area contributed by atoms with Crippen LogP contribution in [0.5, 0.6) is 11.5 Å². The van der Waals surface area contributed by atoms with Gasteiger partial charge in [-0.15, -0.1) is 11.3 Å². The molecule has 1 aliphatic carbocycles. The highest BCUT2D eigenvalue weighted by Crippen LogP contribution is 2.30. The van der Waals surface area contributed by atoms with E-state index in [1.807, 2.05) is 25.1 Å². The Labute approximate surface area is 146 Å². The molecule has 1 amide bonds. The number of rotatable bonds is 6. The highest BCUT2D eigenvalue weighted by Gasteiger charge is 2.22. The summed E-state index contributed by atoms with van der Waals surface area (Å²) in [6, 6.07) is 7.28. The van der Waals surface area contributed by atoms with Crippen LogP contribution < -0.4 is 14.8 Å². The lowest BCUT2D eigenvalue weighted by molar-refractivity contribution is -0.122. The molecular formula is C18H22N2O3S. The number of ether oxygens (including phenoxy) is 2. The molecule has 5 nitrogen and oxygen atoms in total. The number of carbonyl (C=O) groups excluding carboxylic acids is 1. The minimum Gasteiger partial charge on any atom is -0.497 e. The molecule has 0 spiro atoms. The Morgan fingerprint density at radius 1 is 1.33 bits per heavy atom. The quantitative estimate of drug-likeness (QED) is 0.863. The van der Waals surface area contributed by atoms with Crippen molar-refractivity contribution in [2.75, 3.05) is 12.4 Å². The topological polar surface area (TPSA) is 60.5 Å². The van der Waals surface area contributed by atoms with Crippen LogP contribution in [0.4, 0.5) is 5.13 Å². The highest BCUT2D eigenvalue weighted by molar-refractivity contribution is 7.15. The van der Waals surface area contributed by atoms with Gasteiger partial charge in [-0.1, -0.05) is 13.0 Å². The summed E-state index contributed by atoms with van der Waals surface area (Å²) in [5.41, 5.74) is 1.14. The third-order valence-electron chi connectivity index (χ3n) is 4.06. The lowest BCUT2D eigenvalue weighted by atomic mass is 10.0. The average molecular weight is 346 g/mol. The fourth-order valence-electron chi connectivity index (χ4n) is 2.75. The van der Waals surface area contributed by atoms with E-state index in [-0.39, 0.29) is 5.91 Å². The monoisotopic (exact) mass is 346 g/mol. The zero-order chi connectivity index (χ0) is 16.9. The second-order valence-electron chi connectivity index (χ2n) is 5.78. The number of nitrogens with zero attached hydrogens (tertiary/aromatic N) is 1. The molecule has 1 aromatic heterocycles. The lowest BCUT2D eigenvalue weighted by Gasteiger charge is -2.16. The molecule has 0 radical (unpaired) electrons. The van der Waals surface area contributed by atoms with Crippen molar-refractivity contribution < 1.29 is 14.3 Å². The highest BCUT2D eigenvalue weighted by atomic mass is 32.1. The molecule has 0 bridgehead atoms. The Kier molecular flexibility index (Phi) is 5.35. The number of anilines is 1. The predicted molar refractivity (Wildman–Crippen MR) is 95.1 cm³/mol. The first-order valence-electron chi connectivity index (χ1n) is 8.29. The predicted octanol–water partition coefficient (Wildman–Crippen LogP) is 3.83. The van der Waals surface area contributed by atoms with E-state index < -0.39 is 6.10 Å². The summed E-state index contributed by atoms with van der Waals surface area (Å²) < 4.78 is 11.0. The van der Waals surface area contributed by atoms with Crippen molar-refractivity contribution in [1.82, 2.24) is 4.98 Å². The lowest BCUT2D eigenvalue weighted by Crippen LogP contribution is -2.32. The molecular weight excluding hydrogens is 324 g/mol. The van der Waals surface area contributed by atoms with Crippen LogP contribution in [-0.4, -0.2) is 24.1 Å². The number of benzene rings is 1. The number of nitrogens with one attached hydrogen (secondary N) is 1. The van der Waals surface area contributed by atoms with Crippen LogP contribution in [0.15, 0.2) is 24.3 Å². The summed E-state index contributed by atoms with van der Waals surface area (Å²) in [5.74, 6) is 1.16. The standard InChI is InChI=1S/C18H22N2O3S/c1-3-15(23-13-8-6-7-12(11-13)22-2)17(21)20-18-19-14-9-4-5-10-16(14)24-18/h6-8,11,15H,3-5,9-10H2,1-2H3,(H,19,20,21). The van der Waals surface area contributed by atoms with Crippen LogP contribution in [0, 0.1) is 0 Å². The van der Waals surface area contributed by atoms with Crippen molar-refractivity contribution >= 4 is 22.4 Å². The van der Waals surface area contributed by atoms with Crippen molar-refractivity contribution in [2.45, 2.75) is 45.1 Å². The molecule has 0 fully saturated rings. The normalized spacial score (nSPS) is 14.6. The molecule has 1 unspecified atom stereocenters. The van der Waals surface area contributed by atoms with Crippen molar-refractivity contribution in [3.05, 3.63) is 34.8 Å². The van der Waals surface area contributed by atoms with Crippen molar-refractivity contribution in [3.8, 4) is 11.5 Å². The zero-order valence-electron chi connectivity index (χ0n) is 14.0. The van der Waals surface area contributed by atoms with Crippen LogP contribution in [-0.2, 0) is 17.6 Å². The fourth-order valence-corrected chi connectivity index (χ4v) is 3.81. The summed E-state index contributed by atoms with van der Waals surface area (Å²) in [5, 5.41) is 3.59. The van der Waals surface area contributed by atoms with Gasteiger partial charge in [0.25, 0.3) is 5.91 Å². The van der Waals surface area contributed by atoms with E-state index >= 15 is 0 Å². The summed E-state index contributed by atoms with van der Waals surface area (Å²) in [6.07, 6.45) is 4.49. The van der Waals surface area contributed by atoms with E-state index in [1.165, 1.54) is 17.7 Å². The van der Waals surface area contributed by atoms with Gasteiger partial charge in [-0.3, -0.25) is 10.1 Å². The number of carbonyl (C=O) groups is 1. The third-order valence-corrected chi connectivity index (χ3v) is 5.13. The Bertz CT molecular complexity index is 691. The number of fused-ring (bicyclic) bond motifs is 1. The molecule has 6 heteroatoms. The first kappa shape index (κ1) is 16.8. The molecule has 24 heavy (non-hydrogen) atoms. The van der Waals surface area contributed by atoms with Gasteiger partial charge in [-0.05, 0) is 44.2 Å². The zero-order valence-corrected chi connectivity index (χ0v) is 14.8. The molecule has 1 N–H and O–H groups in total. The summed E-state index contributed by atoms with van der Waals surface area (Å²) in [7, 11) is 1.60. The van der Waals surface area contributed by atoms with Crippen molar-refractivity contribution in [2.24, 2.45) is 0 Å². The van der Waals surface area contributed by atoms with E-state index in [1.54, 1.807) is 24.5 Å². The first-order valence-corrected chi connectivity index (χ1v) is 9.11. The Balaban J connectivity index is 1.66. The molecule has 2 aromatic rings. The maximum Gasteiger partial charge on any atom is 0.267 e. The van der Waals surface area contributed by atoms with Crippen molar-refractivity contribution in [1.29, 1.82) is 0 Å². The molecule has 128 valence electrons. The molecule has 0 aliphatic heterocycles. The van der Waals surface area contributed by atoms with Gasteiger partial charge in [0.05, 0.1) is 12.8 Å². The van der Waals surface area contributed by atoms with E-state index in [2.05, 4.69) is 10.3 Å². The van der Waals surface area contributed by atoms with Crippen LogP contribution in [0.25, 0.3) is 0 Å². The third kappa shape index (κ3) is 3.87. The molecule has 0 saturated heterocycles. The molecule has 0 saturated carbocycles. The fraction of sp³-hybridized carbons (Fsp3) is 0.444. The Morgan fingerprint density at radius 3 is 2.88 bits per heavy atom. The maximum absolute atomic E-state index is 12.5. The Morgan fingerprint density at radius 2 is 2.12 bits per heavy atom. The number of hydrogen-bond acceptors (Lipinski definition) is 5. The Hall–Kier alpha value is -2.08. The van der Waals surface area contributed by atoms with Crippen molar-refractivity contribution in [3.63, 3.8) is 0 Å². The number of aromatic nitrogens is 1.